The van der Waals surface area contributed by atoms with Gasteiger partial charge in [0.1, 0.15) is 11.7 Å². The van der Waals surface area contributed by atoms with Gasteiger partial charge in [0.15, 0.2) is 0 Å². The van der Waals surface area contributed by atoms with E-state index in [1.165, 1.54) is 19.2 Å². The van der Waals surface area contributed by atoms with Gasteiger partial charge in [0.25, 0.3) is 11.5 Å². The van der Waals surface area contributed by atoms with E-state index in [1.807, 2.05) is 6.92 Å². The molecule has 22 heavy (non-hydrogen) atoms. The molecular formula is C14H21N3O5. The lowest BCUT2D eigenvalue weighted by molar-refractivity contribution is -0.139. The Balaban J connectivity index is 2.83. The van der Waals surface area contributed by atoms with E-state index in [0.717, 1.165) is 11.1 Å². The Labute approximate surface area is 128 Å². The first kappa shape index (κ1) is 17.8. The summed E-state index contributed by atoms with van der Waals surface area (Å²) >= 11 is 0. The van der Waals surface area contributed by atoms with Crippen molar-refractivity contribution in [3.05, 3.63) is 28.2 Å². The van der Waals surface area contributed by atoms with Crippen molar-refractivity contribution in [1.82, 2.24) is 15.1 Å². The van der Waals surface area contributed by atoms with Crippen molar-refractivity contribution in [2.75, 3.05) is 13.7 Å². The molecule has 0 radical (unpaired) electrons. The number of nitrogens with one attached hydrogen (secondary N) is 1. The van der Waals surface area contributed by atoms with Gasteiger partial charge in [0.05, 0.1) is 13.2 Å². The number of unbranched alkanes of at least 4 members (excludes halogenated alkanes) is 1. The van der Waals surface area contributed by atoms with Crippen molar-refractivity contribution in [2.24, 2.45) is 0 Å². The highest BCUT2D eigenvalue weighted by Gasteiger charge is 2.21. The Morgan fingerprint density at radius 2 is 2.18 bits per heavy atom. The lowest BCUT2D eigenvalue weighted by atomic mass is 10.1. The quantitative estimate of drug-likeness (QED) is 0.677. The van der Waals surface area contributed by atoms with Crippen LogP contribution in [0.4, 0.5) is 0 Å². The fraction of sp³-hybridized carbons (Fsp3) is 0.571. The normalized spacial score (nSPS) is 11.9. The van der Waals surface area contributed by atoms with Gasteiger partial charge >= 0.3 is 5.97 Å². The second-order valence-corrected chi connectivity index (χ2v) is 4.78. The van der Waals surface area contributed by atoms with E-state index in [-0.39, 0.29) is 24.4 Å². The number of aromatic nitrogens is 2. The molecule has 1 aromatic heterocycles. The number of nitrogens with zero attached hydrogens (tertiary/aromatic N) is 2. The summed E-state index contributed by atoms with van der Waals surface area (Å²) in [4.78, 5) is 34.8. The van der Waals surface area contributed by atoms with Crippen molar-refractivity contribution >= 4 is 11.9 Å². The van der Waals surface area contributed by atoms with Crippen molar-refractivity contribution < 1.29 is 19.4 Å². The summed E-state index contributed by atoms with van der Waals surface area (Å²) in [7, 11) is 1.49. The third-order valence-corrected chi connectivity index (χ3v) is 3.06. The number of aliphatic carboxylic acids is 1. The number of hydrogen-bond donors (Lipinski definition) is 2. The number of carbonyl (C=O) groups excluding carboxylic acids is 1. The number of hydrogen-bond acceptors (Lipinski definition) is 5. The molecule has 0 bridgehead atoms. The van der Waals surface area contributed by atoms with Crippen molar-refractivity contribution in [1.29, 1.82) is 0 Å². The second-order valence-electron chi connectivity index (χ2n) is 4.78. The van der Waals surface area contributed by atoms with Crippen LogP contribution in [0, 0.1) is 0 Å². The van der Waals surface area contributed by atoms with Gasteiger partial charge in [0.2, 0.25) is 0 Å². The number of rotatable bonds is 9. The average molecular weight is 311 g/mol. The van der Waals surface area contributed by atoms with Gasteiger partial charge in [-0.25, -0.2) is 9.48 Å². The highest BCUT2D eigenvalue weighted by molar-refractivity contribution is 5.94. The molecule has 8 heteroatoms. The molecule has 0 saturated heterocycles. The largest absolute Gasteiger partial charge is 0.480 e. The number of methoxy groups -OCH3 is 1. The van der Waals surface area contributed by atoms with E-state index >= 15 is 0 Å². The predicted octanol–water partition coefficient (Wildman–Crippen LogP) is 0.263. The van der Waals surface area contributed by atoms with Gasteiger partial charge in [-0.2, -0.15) is 5.10 Å². The molecule has 1 atom stereocenters. The molecule has 0 aliphatic heterocycles. The first-order chi connectivity index (χ1) is 10.5. The molecule has 0 fully saturated rings. The maximum absolute atomic E-state index is 12.1. The Morgan fingerprint density at radius 1 is 1.45 bits per heavy atom. The molecule has 2 N–H and O–H groups in total. The minimum absolute atomic E-state index is 0.00143. The molecule has 1 heterocycles. The van der Waals surface area contributed by atoms with Crippen LogP contribution < -0.4 is 10.9 Å². The summed E-state index contributed by atoms with van der Waals surface area (Å²) in [5.74, 6) is -1.70. The molecule has 8 nitrogen and oxygen atoms in total. The zero-order valence-electron chi connectivity index (χ0n) is 12.7. The number of carbonyl (C=O) groups is 2. The number of amides is 1. The molecule has 122 valence electrons. The van der Waals surface area contributed by atoms with Gasteiger partial charge in [-0.1, -0.05) is 19.8 Å². The zero-order valence-corrected chi connectivity index (χ0v) is 12.7. The van der Waals surface area contributed by atoms with Gasteiger partial charge < -0.3 is 15.2 Å². The average Bonchev–Trinajstić information content (AvgIpc) is 2.50. The van der Waals surface area contributed by atoms with Crippen LogP contribution in [-0.2, 0) is 16.1 Å². The SMILES string of the molecule is CCCCC(NC(=O)c1ccc(=O)n(CCOC)n1)C(=O)O. The first-order valence-corrected chi connectivity index (χ1v) is 7.10. The molecule has 1 unspecified atom stereocenters. The highest BCUT2D eigenvalue weighted by Crippen LogP contribution is 2.02. The fourth-order valence-electron chi connectivity index (χ4n) is 1.81. The standard InChI is InChI=1S/C14H21N3O5/c1-3-4-5-11(14(20)21)15-13(19)10-6-7-12(18)17(16-10)8-9-22-2/h6-7,11H,3-5,8-9H2,1-2H3,(H,15,19)(H,20,21). The lowest BCUT2D eigenvalue weighted by Gasteiger charge is -2.14. The summed E-state index contributed by atoms with van der Waals surface area (Å²) in [6, 6.07) is 1.53. The van der Waals surface area contributed by atoms with Crippen LogP contribution >= 0.6 is 0 Å². The molecule has 0 saturated carbocycles. The minimum atomic E-state index is -1.09. The molecule has 0 spiro atoms. The third kappa shape index (κ3) is 5.28. The summed E-state index contributed by atoms with van der Waals surface area (Å²) in [6.07, 6.45) is 1.87. The highest BCUT2D eigenvalue weighted by atomic mass is 16.5. The van der Waals surface area contributed by atoms with Gasteiger partial charge in [-0.15, -0.1) is 0 Å². The van der Waals surface area contributed by atoms with Crippen molar-refractivity contribution in [2.45, 2.75) is 38.8 Å². The van der Waals surface area contributed by atoms with E-state index in [1.54, 1.807) is 0 Å². The van der Waals surface area contributed by atoms with Crippen LogP contribution in [-0.4, -0.2) is 46.5 Å². The maximum atomic E-state index is 12.1. The lowest BCUT2D eigenvalue weighted by Crippen LogP contribution is -2.41. The molecule has 1 amide bonds. The Morgan fingerprint density at radius 3 is 2.77 bits per heavy atom. The monoisotopic (exact) mass is 311 g/mol. The zero-order chi connectivity index (χ0) is 16.5. The van der Waals surface area contributed by atoms with Gasteiger partial charge in [-0.3, -0.25) is 9.59 Å². The fourth-order valence-corrected chi connectivity index (χ4v) is 1.81. The summed E-state index contributed by atoms with van der Waals surface area (Å²) in [6.45, 7) is 2.44. The molecule has 0 aliphatic rings. The molecule has 1 rings (SSSR count). The summed E-state index contributed by atoms with van der Waals surface area (Å²) in [5, 5.41) is 15.4. The van der Waals surface area contributed by atoms with Crippen LogP contribution in [0.5, 0.6) is 0 Å². The van der Waals surface area contributed by atoms with Crippen molar-refractivity contribution in [3.63, 3.8) is 0 Å². The second kappa shape index (κ2) is 8.93. The van der Waals surface area contributed by atoms with Crippen LogP contribution in [0.1, 0.15) is 36.7 Å². The van der Waals surface area contributed by atoms with Crippen LogP contribution in [0.3, 0.4) is 0 Å². The van der Waals surface area contributed by atoms with E-state index in [4.69, 9.17) is 9.84 Å². The topological polar surface area (TPSA) is 111 Å². The number of ether oxygens (including phenoxy) is 1. The molecular weight excluding hydrogens is 290 g/mol. The van der Waals surface area contributed by atoms with Gasteiger partial charge in [-0.05, 0) is 12.5 Å². The minimum Gasteiger partial charge on any atom is -0.480 e. The van der Waals surface area contributed by atoms with E-state index in [0.29, 0.717) is 12.8 Å². The smallest absolute Gasteiger partial charge is 0.326 e. The molecule has 0 aliphatic carbocycles. The Bertz CT molecular complexity index is 570. The molecule has 0 aromatic carbocycles. The third-order valence-electron chi connectivity index (χ3n) is 3.06. The Hall–Kier alpha value is -2.22. The van der Waals surface area contributed by atoms with Crippen LogP contribution in [0.2, 0.25) is 0 Å². The van der Waals surface area contributed by atoms with E-state index in [9.17, 15) is 14.4 Å². The maximum Gasteiger partial charge on any atom is 0.326 e. The summed E-state index contributed by atoms with van der Waals surface area (Å²) < 4.78 is 5.97. The van der Waals surface area contributed by atoms with E-state index in [2.05, 4.69) is 10.4 Å². The number of carboxylic acids is 1. The summed E-state index contributed by atoms with van der Waals surface area (Å²) in [5.41, 5.74) is -0.354. The van der Waals surface area contributed by atoms with Crippen LogP contribution in [0.25, 0.3) is 0 Å². The molecule has 1 aromatic rings. The predicted molar refractivity (Wildman–Crippen MR) is 78.8 cm³/mol. The first-order valence-electron chi connectivity index (χ1n) is 7.10. The van der Waals surface area contributed by atoms with E-state index < -0.39 is 17.9 Å². The van der Waals surface area contributed by atoms with Crippen LogP contribution in [0.15, 0.2) is 16.9 Å². The van der Waals surface area contributed by atoms with Crippen molar-refractivity contribution in [3.8, 4) is 0 Å². The Kier molecular flexibility index (Phi) is 7.24. The number of carboxylic acid groups (broad SMARTS) is 1. The van der Waals surface area contributed by atoms with Gasteiger partial charge in [0, 0.05) is 13.2 Å².